The Morgan fingerprint density at radius 3 is 2.57 bits per heavy atom. The van der Waals surface area contributed by atoms with E-state index in [4.69, 9.17) is 4.74 Å². The fraction of sp³-hybridized carbons (Fsp3) is 0.750. The van der Waals surface area contributed by atoms with E-state index < -0.39 is 0 Å². The van der Waals surface area contributed by atoms with Gasteiger partial charge in [-0.1, -0.05) is 13.5 Å². The lowest BCUT2D eigenvalue weighted by Gasteiger charge is -2.22. The van der Waals surface area contributed by atoms with Gasteiger partial charge in [-0.25, -0.2) is 4.79 Å². The maximum atomic E-state index is 11.4. The van der Waals surface area contributed by atoms with Gasteiger partial charge >= 0.3 is 5.97 Å². The molecule has 0 heterocycles. The molecule has 2 fully saturated rings. The molecule has 0 radical (unpaired) electrons. The van der Waals surface area contributed by atoms with E-state index >= 15 is 0 Å². The van der Waals surface area contributed by atoms with E-state index in [0.717, 1.165) is 18.3 Å². The first-order chi connectivity index (χ1) is 6.59. The fourth-order valence-electron chi connectivity index (χ4n) is 2.99. The summed E-state index contributed by atoms with van der Waals surface area (Å²) in [6.45, 7) is 7.60. The smallest absolute Gasteiger partial charge is 0.333 e. The molecule has 2 bridgehead atoms. The molecular weight excluding hydrogens is 176 g/mol. The molecule has 2 rings (SSSR count). The van der Waals surface area contributed by atoms with E-state index in [2.05, 4.69) is 13.5 Å². The maximum Gasteiger partial charge on any atom is 0.333 e. The van der Waals surface area contributed by atoms with Crippen molar-refractivity contribution in [2.75, 3.05) is 0 Å². The van der Waals surface area contributed by atoms with Crippen LogP contribution in [0.4, 0.5) is 0 Å². The van der Waals surface area contributed by atoms with E-state index in [1.807, 2.05) is 0 Å². The molecule has 0 aromatic carbocycles. The number of rotatable bonds is 2. The van der Waals surface area contributed by atoms with Crippen LogP contribution in [0.15, 0.2) is 12.2 Å². The predicted octanol–water partition coefficient (Wildman–Crippen LogP) is 2.54. The highest BCUT2D eigenvalue weighted by molar-refractivity contribution is 5.87. The molecular formula is C12H18O2. The molecule has 0 aromatic rings. The van der Waals surface area contributed by atoms with Gasteiger partial charge in [-0.3, -0.25) is 0 Å². The first-order valence-electron chi connectivity index (χ1n) is 5.46. The second kappa shape index (κ2) is 3.41. The van der Waals surface area contributed by atoms with Crippen LogP contribution in [0, 0.1) is 17.8 Å². The van der Waals surface area contributed by atoms with Crippen LogP contribution in [-0.4, -0.2) is 12.1 Å². The molecule has 0 saturated heterocycles. The summed E-state index contributed by atoms with van der Waals surface area (Å²) >= 11 is 0. The van der Waals surface area contributed by atoms with Gasteiger partial charge in [0.15, 0.2) is 0 Å². The number of hydrogen-bond acceptors (Lipinski definition) is 2. The van der Waals surface area contributed by atoms with Crippen molar-refractivity contribution in [2.24, 2.45) is 17.8 Å². The van der Waals surface area contributed by atoms with Crippen molar-refractivity contribution in [2.45, 2.75) is 39.2 Å². The molecule has 0 aliphatic heterocycles. The first kappa shape index (κ1) is 9.75. The third-order valence-electron chi connectivity index (χ3n) is 3.91. The van der Waals surface area contributed by atoms with Gasteiger partial charge in [-0.15, -0.1) is 0 Å². The molecule has 2 unspecified atom stereocenters. The van der Waals surface area contributed by atoms with Gasteiger partial charge in [0.2, 0.25) is 0 Å². The standard InChI is InChI=1S/C12H18O2/c1-7(2)12(13)14-11-6-9-4-5-10(11)8(9)3/h8-11H,1,4-6H2,2-3H3/t8-,9-,10?,11?/m0/s1. The summed E-state index contributed by atoms with van der Waals surface area (Å²) in [5.74, 6) is 1.94. The minimum atomic E-state index is -0.213. The molecule has 0 spiro atoms. The monoisotopic (exact) mass is 194 g/mol. The zero-order valence-electron chi connectivity index (χ0n) is 8.95. The van der Waals surface area contributed by atoms with Crippen LogP contribution in [0.2, 0.25) is 0 Å². The zero-order valence-corrected chi connectivity index (χ0v) is 8.95. The zero-order chi connectivity index (χ0) is 10.3. The minimum Gasteiger partial charge on any atom is -0.459 e. The molecule has 2 saturated carbocycles. The van der Waals surface area contributed by atoms with Crippen LogP contribution in [0.25, 0.3) is 0 Å². The van der Waals surface area contributed by atoms with Crippen molar-refractivity contribution in [3.63, 3.8) is 0 Å². The van der Waals surface area contributed by atoms with Gasteiger partial charge < -0.3 is 4.74 Å². The molecule has 2 nitrogen and oxygen atoms in total. The lowest BCUT2D eigenvalue weighted by molar-refractivity contribution is -0.146. The highest BCUT2D eigenvalue weighted by Gasteiger charge is 2.47. The van der Waals surface area contributed by atoms with Crippen molar-refractivity contribution in [3.8, 4) is 0 Å². The number of carbonyl (C=O) groups is 1. The van der Waals surface area contributed by atoms with Gasteiger partial charge in [0, 0.05) is 5.57 Å². The molecule has 14 heavy (non-hydrogen) atoms. The Kier molecular flexibility index (Phi) is 2.38. The highest BCUT2D eigenvalue weighted by Crippen LogP contribution is 2.50. The molecule has 2 aliphatic rings. The first-order valence-corrected chi connectivity index (χ1v) is 5.46. The summed E-state index contributed by atoms with van der Waals surface area (Å²) < 4.78 is 5.44. The summed E-state index contributed by atoms with van der Waals surface area (Å²) in [6, 6.07) is 0. The van der Waals surface area contributed by atoms with Crippen molar-refractivity contribution in [3.05, 3.63) is 12.2 Å². The third kappa shape index (κ3) is 1.47. The Bertz CT molecular complexity index is 269. The molecule has 2 aliphatic carbocycles. The number of fused-ring (bicyclic) bond motifs is 2. The van der Waals surface area contributed by atoms with Crippen LogP contribution in [0.5, 0.6) is 0 Å². The number of esters is 1. The Labute approximate surface area is 85.3 Å². The van der Waals surface area contributed by atoms with E-state index in [1.54, 1.807) is 6.92 Å². The largest absolute Gasteiger partial charge is 0.459 e. The molecule has 0 N–H and O–H groups in total. The summed E-state index contributed by atoms with van der Waals surface area (Å²) in [4.78, 5) is 11.4. The van der Waals surface area contributed by atoms with Gasteiger partial charge in [0.1, 0.15) is 6.10 Å². The van der Waals surface area contributed by atoms with E-state index in [0.29, 0.717) is 11.5 Å². The third-order valence-corrected chi connectivity index (χ3v) is 3.91. The number of carbonyl (C=O) groups excluding carboxylic acids is 1. The Morgan fingerprint density at radius 2 is 2.14 bits per heavy atom. The van der Waals surface area contributed by atoms with Crippen molar-refractivity contribution in [1.29, 1.82) is 0 Å². The minimum absolute atomic E-state index is 0.174. The summed E-state index contributed by atoms with van der Waals surface area (Å²) in [5.41, 5.74) is 0.514. The van der Waals surface area contributed by atoms with Gasteiger partial charge in [-0.05, 0) is 43.9 Å². The highest BCUT2D eigenvalue weighted by atomic mass is 16.5. The number of ether oxygens (including phenoxy) is 1. The summed E-state index contributed by atoms with van der Waals surface area (Å²) in [7, 11) is 0. The van der Waals surface area contributed by atoms with E-state index in [-0.39, 0.29) is 12.1 Å². The molecule has 4 atom stereocenters. The lowest BCUT2D eigenvalue weighted by Crippen LogP contribution is -2.25. The molecule has 0 amide bonds. The van der Waals surface area contributed by atoms with Crippen molar-refractivity contribution >= 4 is 5.97 Å². The molecule has 78 valence electrons. The van der Waals surface area contributed by atoms with Gasteiger partial charge in [0.25, 0.3) is 0 Å². The summed E-state index contributed by atoms with van der Waals surface area (Å²) in [5, 5.41) is 0. The quantitative estimate of drug-likeness (QED) is 0.499. The second-order valence-electron chi connectivity index (χ2n) is 4.82. The molecule has 0 aromatic heterocycles. The van der Waals surface area contributed by atoms with Crippen LogP contribution in [-0.2, 0) is 9.53 Å². The second-order valence-corrected chi connectivity index (χ2v) is 4.82. The lowest BCUT2D eigenvalue weighted by atomic mass is 9.97. The van der Waals surface area contributed by atoms with Gasteiger partial charge in [0.05, 0.1) is 0 Å². The van der Waals surface area contributed by atoms with Crippen LogP contribution < -0.4 is 0 Å². The Hall–Kier alpha value is -0.790. The van der Waals surface area contributed by atoms with E-state index in [1.165, 1.54) is 12.8 Å². The van der Waals surface area contributed by atoms with Gasteiger partial charge in [-0.2, -0.15) is 0 Å². The predicted molar refractivity (Wildman–Crippen MR) is 54.7 cm³/mol. The van der Waals surface area contributed by atoms with Crippen LogP contribution >= 0.6 is 0 Å². The fourth-order valence-corrected chi connectivity index (χ4v) is 2.99. The topological polar surface area (TPSA) is 26.3 Å². The van der Waals surface area contributed by atoms with Crippen molar-refractivity contribution in [1.82, 2.24) is 0 Å². The van der Waals surface area contributed by atoms with Crippen LogP contribution in [0.3, 0.4) is 0 Å². The number of hydrogen-bond donors (Lipinski definition) is 0. The summed E-state index contributed by atoms with van der Waals surface area (Å²) in [6.07, 6.45) is 3.81. The van der Waals surface area contributed by atoms with Crippen molar-refractivity contribution < 1.29 is 9.53 Å². The Balaban J connectivity index is 1.96. The van der Waals surface area contributed by atoms with Crippen LogP contribution in [0.1, 0.15) is 33.1 Å². The maximum absolute atomic E-state index is 11.4. The molecule has 2 heteroatoms. The van der Waals surface area contributed by atoms with E-state index in [9.17, 15) is 4.79 Å². The average molecular weight is 194 g/mol. The SMILES string of the molecule is C=C(C)C(=O)OC1C[C@@H]2CCC1[C@H]2C. The average Bonchev–Trinajstić information content (AvgIpc) is 2.61. The Morgan fingerprint density at radius 1 is 1.43 bits per heavy atom. The normalized spacial score (nSPS) is 39.9.